The molecule has 0 aliphatic carbocycles. The van der Waals surface area contributed by atoms with E-state index < -0.39 is 0 Å². The maximum atomic E-state index is 10.1. The number of phenolic OH excluding ortho intramolecular Hbond substituents is 1. The summed E-state index contributed by atoms with van der Waals surface area (Å²) in [5, 5.41) is 14.8. The molecule has 0 radical (unpaired) electrons. The number of aromatic hydroxyl groups is 1. The van der Waals surface area contributed by atoms with Crippen LogP contribution in [0.1, 0.15) is 5.56 Å². The zero-order valence-corrected chi connectivity index (χ0v) is 19.8. The number of anilines is 1. The van der Waals surface area contributed by atoms with Crippen LogP contribution in [0.5, 0.6) is 17.2 Å². The van der Waals surface area contributed by atoms with Gasteiger partial charge in [-0.25, -0.2) is 15.4 Å². The summed E-state index contributed by atoms with van der Waals surface area (Å²) in [5.41, 5.74) is 6.25. The molecule has 0 atom stereocenters. The highest BCUT2D eigenvalue weighted by molar-refractivity contribution is 6.36. The van der Waals surface area contributed by atoms with Crippen molar-refractivity contribution in [3.63, 3.8) is 0 Å². The molecule has 4 rings (SSSR count). The number of halogens is 2. The molecule has 1 aromatic heterocycles. The molecule has 3 aromatic carbocycles. The number of nitrogens with one attached hydrogen (secondary N) is 1. The number of aromatic nitrogens is 2. The van der Waals surface area contributed by atoms with Crippen LogP contribution in [0.15, 0.2) is 71.8 Å². The second-order valence-electron chi connectivity index (χ2n) is 7.09. The second-order valence-corrected chi connectivity index (χ2v) is 7.94. The molecule has 0 saturated carbocycles. The van der Waals surface area contributed by atoms with E-state index in [0.717, 1.165) is 11.1 Å². The van der Waals surface area contributed by atoms with Gasteiger partial charge in [-0.2, -0.15) is 5.10 Å². The average Bonchev–Trinajstić information content (AvgIpc) is 2.86. The molecule has 0 fully saturated rings. The van der Waals surface area contributed by atoms with Gasteiger partial charge >= 0.3 is 0 Å². The standard InChI is InChI=1S/C25H20Cl2N4O3/c1-33-22-9-8-16(11-23(22)34-2)21-13-20(15-6-4-3-5-7-15)29-25(30-21)31-28-14-17-10-18(26)12-19(27)24(17)32/h3-14,32H,1-2H3,(H,29,30,31)/b28-14-. The van der Waals surface area contributed by atoms with Crippen molar-refractivity contribution in [2.24, 2.45) is 5.10 Å². The summed E-state index contributed by atoms with van der Waals surface area (Å²) in [7, 11) is 3.16. The fraction of sp³-hybridized carbons (Fsp3) is 0.0800. The first-order valence-corrected chi connectivity index (χ1v) is 10.9. The zero-order chi connectivity index (χ0) is 24.1. The SMILES string of the molecule is COc1ccc(-c2cc(-c3ccccc3)nc(N/N=C\c3cc(Cl)cc(Cl)c3O)n2)cc1OC. The highest BCUT2D eigenvalue weighted by atomic mass is 35.5. The Hall–Kier alpha value is -3.81. The van der Waals surface area contributed by atoms with Gasteiger partial charge in [0.05, 0.1) is 36.8 Å². The van der Waals surface area contributed by atoms with Gasteiger partial charge in [-0.15, -0.1) is 0 Å². The monoisotopic (exact) mass is 494 g/mol. The molecule has 0 spiro atoms. The minimum Gasteiger partial charge on any atom is -0.506 e. The van der Waals surface area contributed by atoms with E-state index in [1.165, 1.54) is 12.3 Å². The van der Waals surface area contributed by atoms with Gasteiger partial charge < -0.3 is 14.6 Å². The van der Waals surface area contributed by atoms with Crippen LogP contribution in [0.4, 0.5) is 5.95 Å². The van der Waals surface area contributed by atoms with Crippen molar-refractivity contribution in [1.82, 2.24) is 9.97 Å². The van der Waals surface area contributed by atoms with E-state index in [2.05, 4.69) is 20.5 Å². The lowest BCUT2D eigenvalue weighted by atomic mass is 10.1. The fourth-order valence-electron chi connectivity index (χ4n) is 3.24. The van der Waals surface area contributed by atoms with E-state index in [9.17, 15) is 5.11 Å². The maximum absolute atomic E-state index is 10.1. The van der Waals surface area contributed by atoms with E-state index in [1.807, 2.05) is 54.6 Å². The third kappa shape index (κ3) is 5.22. The van der Waals surface area contributed by atoms with E-state index >= 15 is 0 Å². The Bertz CT molecular complexity index is 1350. The fourth-order valence-corrected chi connectivity index (χ4v) is 3.75. The van der Waals surface area contributed by atoms with Crippen molar-refractivity contribution < 1.29 is 14.6 Å². The molecule has 0 aliphatic rings. The quantitative estimate of drug-likeness (QED) is 0.232. The summed E-state index contributed by atoms with van der Waals surface area (Å²) in [5.74, 6) is 1.34. The lowest BCUT2D eigenvalue weighted by molar-refractivity contribution is 0.355. The van der Waals surface area contributed by atoms with Crippen molar-refractivity contribution in [2.45, 2.75) is 0 Å². The minimum absolute atomic E-state index is 0.124. The Balaban J connectivity index is 1.73. The number of hydrazone groups is 1. The largest absolute Gasteiger partial charge is 0.506 e. The summed E-state index contributed by atoms with van der Waals surface area (Å²) < 4.78 is 10.8. The van der Waals surface area contributed by atoms with Crippen molar-refractivity contribution in [1.29, 1.82) is 0 Å². The van der Waals surface area contributed by atoms with Crippen LogP contribution in [0.3, 0.4) is 0 Å². The summed E-state index contributed by atoms with van der Waals surface area (Å²) >= 11 is 12.0. The number of nitrogens with zero attached hydrogens (tertiary/aromatic N) is 3. The molecule has 34 heavy (non-hydrogen) atoms. The summed E-state index contributed by atoms with van der Waals surface area (Å²) in [6.07, 6.45) is 1.39. The molecule has 0 unspecified atom stereocenters. The molecule has 7 nitrogen and oxygen atoms in total. The minimum atomic E-state index is -0.124. The van der Waals surface area contributed by atoms with Crippen LogP contribution in [-0.4, -0.2) is 35.5 Å². The Kier molecular flexibility index (Phi) is 7.15. The molecule has 4 aromatic rings. The van der Waals surface area contributed by atoms with Gasteiger partial charge in [0.25, 0.3) is 0 Å². The van der Waals surface area contributed by atoms with Gasteiger partial charge in [0.15, 0.2) is 11.5 Å². The lowest BCUT2D eigenvalue weighted by Crippen LogP contribution is -2.01. The van der Waals surface area contributed by atoms with Crippen LogP contribution >= 0.6 is 23.2 Å². The normalized spacial score (nSPS) is 10.9. The van der Waals surface area contributed by atoms with Crippen molar-refractivity contribution >= 4 is 35.4 Å². The third-order valence-corrected chi connectivity index (χ3v) is 5.41. The maximum Gasteiger partial charge on any atom is 0.244 e. The lowest BCUT2D eigenvalue weighted by Gasteiger charge is -2.11. The number of rotatable bonds is 7. The van der Waals surface area contributed by atoms with Crippen LogP contribution in [0, 0.1) is 0 Å². The highest BCUT2D eigenvalue weighted by Gasteiger charge is 2.12. The van der Waals surface area contributed by atoms with Crippen LogP contribution in [-0.2, 0) is 0 Å². The van der Waals surface area contributed by atoms with Gasteiger partial charge in [0.1, 0.15) is 5.75 Å². The van der Waals surface area contributed by atoms with Crippen LogP contribution in [0.25, 0.3) is 22.5 Å². The number of ether oxygens (including phenoxy) is 2. The van der Waals surface area contributed by atoms with Crippen LogP contribution in [0.2, 0.25) is 10.0 Å². The van der Waals surface area contributed by atoms with Gasteiger partial charge in [0, 0.05) is 21.7 Å². The summed E-state index contributed by atoms with van der Waals surface area (Å²) in [4.78, 5) is 9.19. The molecule has 0 bridgehead atoms. The number of methoxy groups -OCH3 is 2. The number of hydrogen-bond donors (Lipinski definition) is 2. The van der Waals surface area contributed by atoms with E-state index in [4.69, 9.17) is 32.7 Å². The molecule has 0 amide bonds. The molecule has 2 N–H and O–H groups in total. The van der Waals surface area contributed by atoms with Gasteiger partial charge in [0.2, 0.25) is 5.95 Å². The first-order chi connectivity index (χ1) is 16.5. The first-order valence-electron chi connectivity index (χ1n) is 10.1. The Morgan fingerprint density at radius 3 is 2.26 bits per heavy atom. The molecule has 0 saturated heterocycles. The highest BCUT2D eigenvalue weighted by Crippen LogP contribution is 2.33. The predicted octanol–water partition coefficient (Wildman–Crippen LogP) is 6.29. The predicted molar refractivity (Wildman–Crippen MR) is 135 cm³/mol. The smallest absolute Gasteiger partial charge is 0.244 e. The van der Waals surface area contributed by atoms with Crippen molar-refractivity contribution in [3.8, 4) is 39.8 Å². The first kappa shape index (κ1) is 23.4. The number of hydrogen-bond acceptors (Lipinski definition) is 7. The Morgan fingerprint density at radius 1 is 0.853 bits per heavy atom. The number of phenols is 1. The van der Waals surface area contributed by atoms with Crippen molar-refractivity contribution in [2.75, 3.05) is 19.6 Å². The Morgan fingerprint density at radius 2 is 1.56 bits per heavy atom. The molecular formula is C25H20Cl2N4O3. The van der Waals surface area contributed by atoms with Crippen LogP contribution < -0.4 is 14.9 Å². The summed E-state index contributed by atoms with van der Waals surface area (Å²) in [6, 6.07) is 20.1. The Labute approximate surface area is 206 Å². The van der Waals surface area contributed by atoms with Gasteiger partial charge in [-0.3, -0.25) is 0 Å². The molecular weight excluding hydrogens is 475 g/mol. The van der Waals surface area contributed by atoms with E-state index in [1.54, 1.807) is 20.3 Å². The zero-order valence-electron chi connectivity index (χ0n) is 18.3. The average molecular weight is 495 g/mol. The summed E-state index contributed by atoms with van der Waals surface area (Å²) in [6.45, 7) is 0. The molecule has 0 aliphatic heterocycles. The number of benzene rings is 3. The van der Waals surface area contributed by atoms with Gasteiger partial charge in [-0.1, -0.05) is 53.5 Å². The van der Waals surface area contributed by atoms with Gasteiger partial charge in [-0.05, 0) is 36.4 Å². The van der Waals surface area contributed by atoms with E-state index in [0.29, 0.717) is 33.5 Å². The molecule has 9 heteroatoms. The molecule has 1 heterocycles. The topological polar surface area (TPSA) is 88.9 Å². The second kappa shape index (κ2) is 10.4. The van der Waals surface area contributed by atoms with E-state index in [-0.39, 0.29) is 16.7 Å². The molecule has 172 valence electrons. The third-order valence-electron chi connectivity index (χ3n) is 4.90. The van der Waals surface area contributed by atoms with Crippen molar-refractivity contribution in [3.05, 3.63) is 82.3 Å².